The van der Waals surface area contributed by atoms with Gasteiger partial charge in [-0.2, -0.15) is 5.10 Å². The summed E-state index contributed by atoms with van der Waals surface area (Å²) >= 11 is 1.34. The van der Waals surface area contributed by atoms with Crippen LogP contribution in [0.4, 0.5) is 5.13 Å². The molecule has 2 N–H and O–H groups in total. The fourth-order valence-corrected chi connectivity index (χ4v) is 3.58. The molecule has 28 heavy (non-hydrogen) atoms. The Morgan fingerprint density at radius 2 is 2.07 bits per heavy atom. The summed E-state index contributed by atoms with van der Waals surface area (Å²) < 4.78 is 7.51. The third kappa shape index (κ3) is 4.66. The molecule has 148 valence electrons. The van der Waals surface area contributed by atoms with Gasteiger partial charge in [-0.25, -0.2) is 4.98 Å². The van der Waals surface area contributed by atoms with Gasteiger partial charge in [-0.3, -0.25) is 14.3 Å². The third-order valence-corrected chi connectivity index (χ3v) is 5.19. The summed E-state index contributed by atoms with van der Waals surface area (Å²) in [6, 6.07) is 3.59. The molecule has 0 spiro atoms. The van der Waals surface area contributed by atoms with E-state index in [2.05, 4.69) is 20.7 Å². The number of carbonyl (C=O) groups is 2. The van der Waals surface area contributed by atoms with Gasteiger partial charge < -0.3 is 15.1 Å². The highest BCUT2D eigenvalue weighted by atomic mass is 32.1. The molecule has 3 aromatic rings. The number of thiazole rings is 1. The molecule has 0 saturated heterocycles. The Morgan fingerprint density at radius 3 is 2.75 bits per heavy atom. The fourth-order valence-electron chi connectivity index (χ4n) is 2.87. The van der Waals surface area contributed by atoms with E-state index in [1.165, 1.54) is 18.3 Å². The molecule has 8 nitrogen and oxygen atoms in total. The van der Waals surface area contributed by atoms with Crippen molar-refractivity contribution >= 4 is 28.3 Å². The monoisotopic (exact) mass is 401 g/mol. The van der Waals surface area contributed by atoms with Crippen LogP contribution in [0.3, 0.4) is 0 Å². The summed E-state index contributed by atoms with van der Waals surface area (Å²) in [5.74, 6) is 1.03. The third-order valence-electron chi connectivity index (χ3n) is 4.44. The van der Waals surface area contributed by atoms with Crippen molar-refractivity contribution in [1.82, 2.24) is 20.1 Å². The number of amides is 2. The minimum absolute atomic E-state index is 0.0886. The Morgan fingerprint density at radius 1 is 1.29 bits per heavy atom. The summed E-state index contributed by atoms with van der Waals surface area (Å²) in [6.07, 6.45) is 1.00. The van der Waals surface area contributed by atoms with Crippen LogP contribution in [0.15, 0.2) is 21.9 Å². The second-order valence-electron chi connectivity index (χ2n) is 6.53. The maximum absolute atomic E-state index is 12.3. The minimum Gasteiger partial charge on any atom is -0.458 e. The molecule has 3 aromatic heterocycles. The summed E-state index contributed by atoms with van der Waals surface area (Å²) in [6.45, 7) is 5.74. The summed E-state index contributed by atoms with van der Waals surface area (Å²) in [5, 5.41) is 12.2. The zero-order valence-electron chi connectivity index (χ0n) is 16.3. The Hall–Kier alpha value is -2.94. The first kappa shape index (κ1) is 19.8. The van der Waals surface area contributed by atoms with Crippen molar-refractivity contribution in [1.29, 1.82) is 0 Å². The van der Waals surface area contributed by atoms with Crippen molar-refractivity contribution in [2.45, 2.75) is 40.2 Å². The maximum Gasteiger partial charge on any atom is 0.226 e. The second kappa shape index (κ2) is 8.39. The maximum atomic E-state index is 12.3. The number of hydrogen-bond donors (Lipinski definition) is 2. The number of furan rings is 1. The molecule has 0 saturated carbocycles. The standard InChI is InChI=1S/C19H23N5O3S/c1-11-15(12(2)24(4)23-11)6-8-18(26)22-19-21-16(10-28-19)17-7-5-14(27-17)9-20-13(3)25/h5,7,10H,6,8-9H2,1-4H3,(H,20,25)(H,21,22,26). The summed E-state index contributed by atoms with van der Waals surface area (Å²) in [5.41, 5.74) is 3.79. The molecule has 0 unspecified atom stereocenters. The van der Waals surface area contributed by atoms with Gasteiger partial charge in [0.15, 0.2) is 10.9 Å². The van der Waals surface area contributed by atoms with E-state index in [9.17, 15) is 9.59 Å². The lowest BCUT2D eigenvalue weighted by Crippen LogP contribution is -2.18. The SMILES string of the molecule is CC(=O)NCc1ccc(-c2csc(NC(=O)CCc3c(C)nn(C)c3C)n2)o1. The largest absolute Gasteiger partial charge is 0.458 e. The zero-order valence-corrected chi connectivity index (χ0v) is 17.1. The van der Waals surface area contributed by atoms with Gasteiger partial charge in [0.2, 0.25) is 11.8 Å². The van der Waals surface area contributed by atoms with Crippen LogP contribution in [0.5, 0.6) is 0 Å². The van der Waals surface area contributed by atoms with Crippen LogP contribution in [0.1, 0.15) is 36.1 Å². The number of anilines is 1. The molecule has 0 aliphatic rings. The van der Waals surface area contributed by atoms with Crippen LogP contribution in [-0.2, 0) is 29.6 Å². The quantitative estimate of drug-likeness (QED) is 0.634. The van der Waals surface area contributed by atoms with Crippen LogP contribution < -0.4 is 10.6 Å². The van der Waals surface area contributed by atoms with E-state index in [0.29, 0.717) is 41.7 Å². The van der Waals surface area contributed by atoms with E-state index in [0.717, 1.165) is 17.0 Å². The minimum atomic E-state index is -0.117. The number of nitrogens with zero attached hydrogens (tertiary/aromatic N) is 3. The number of nitrogens with one attached hydrogen (secondary N) is 2. The number of aryl methyl sites for hydroxylation is 2. The lowest BCUT2D eigenvalue weighted by atomic mass is 10.1. The lowest BCUT2D eigenvalue weighted by molar-refractivity contribution is -0.119. The highest BCUT2D eigenvalue weighted by Crippen LogP contribution is 2.27. The van der Waals surface area contributed by atoms with Crippen molar-refractivity contribution < 1.29 is 14.0 Å². The molecule has 2 amide bonds. The first-order chi connectivity index (χ1) is 13.3. The lowest BCUT2D eigenvalue weighted by Gasteiger charge is -2.03. The van der Waals surface area contributed by atoms with Crippen LogP contribution >= 0.6 is 11.3 Å². The van der Waals surface area contributed by atoms with Gasteiger partial charge in [0.25, 0.3) is 0 Å². The van der Waals surface area contributed by atoms with Gasteiger partial charge in [0, 0.05) is 31.5 Å². The zero-order chi connectivity index (χ0) is 20.3. The van der Waals surface area contributed by atoms with E-state index in [1.807, 2.05) is 31.0 Å². The molecule has 0 aliphatic heterocycles. The van der Waals surface area contributed by atoms with Crippen LogP contribution in [0.2, 0.25) is 0 Å². The van der Waals surface area contributed by atoms with Gasteiger partial charge in [-0.15, -0.1) is 11.3 Å². The number of carbonyl (C=O) groups excluding carboxylic acids is 2. The highest BCUT2D eigenvalue weighted by Gasteiger charge is 2.14. The molecule has 0 fully saturated rings. The van der Waals surface area contributed by atoms with Crippen LogP contribution in [0, 0.1) is 13.8 Å². The van der Waals surface area contributed by atoms with Gasteiger partial charge in [0.1, 0.15) is 11.5 Å². The second-order valence-corrected chi connectivity index (χ2v) is 7.39. The Balaban J connectivity index is 1.57. The van der Waals surface area contributed by atoms with Crippen molar-refractivity contribution in [2.24, 2.45) is 7.05 Å². The van der Waals surface area contributed by atoms with E-state index < -0.39 is 0 Å². The van der Waals surface area contributed by atoms with Crippen molar-refractivity contribution in [3.63, 3.8) is 0 Å². The first-order valence-corrected chi connectivity index (χ1v) is 9.79. The number of hydrogen-bond acceptors (Lipinski definition) is 6. The molecule has 0 atom stereocenters. The first-order valence-electron chi connectivity index (χ1n) is 8.91. The molecular formula is C19H23N5O3S. The molecule has 3 rings (SSSR count). The smallest absolute Gasteiger partial charge is 0.226 e. The van der Waals surface area contributed by atoms with E-state index in [-0.39, 0.29) is 11.8 Å². The summed E-state index contributed by atoms with van der Waals surface area (Å²) in [7, 11) is 1.90. The number of rotatable bonds is 7. The van der Waals surface area contributed by atoms with Crippen molar-refractivity contribution in [2.75, 3.05) is 5.32 Å². The Labute approximate surface area is 167 Å². The highest BCUT2D eigenvalue weighted by molar-refractivity contribution is 7.14. The molecule has 0 bridgehead atoms. The van der Waals surface area contributed by atoms with Gasteiger partial charge in [-0.05, 0) is 38.0 Å². The molecule has 3 heterocycles. The predicted molar refractivity (Wildman–Crippen MR) is 107 cm³/mol. The average molecular weight is 401 g/mol. The van der Waals surface area contributed by atoms with Gasteiger partial charge >= 0.3 is 0 Å². The average Bonchev–Trinajstić information content (AvgIpc) is 3.33. The predicted octanol–water partition coefficient (Wildman–Crippen LogP) is 2.96. The van der Waals surface area contributed by atoms with Gasteiger partial charge in [-0.1, -0.05) is 0 Å². The van der Waals surface area contributed by atoms with E-state index in [1.54, 1.807) is 12.1 Å². The fraction of sp³-hybridized carbons (Fsp3) is 0.368. The number of aromatic nitrogens is 3. The van der Waals surface area contributed by atoms with Crippen molar-refractivity contribution in [3.05, 3.63) is 40.2 Å². The van der Waals surface area contributed by atoms with Crippen LogP contribution in [0.25, 0.3) is 11.5 Å². The normalized spacial score (nSPS) is 10.9. The van der Waals surface area contributed by atoms with Crippen molar-refractivity contribution in [3.8, 4) is 11.5 Å². The molecule has 0 radical (unpaired) electrons. The Bertz CT molecular complexity index is 1000. The van der Waals surface area contributed by atoms with Crippen LogP contribution in [-0.4, -0.2) is 26.6 Å². The summed E-state index contributed by atoms with van der Waals surface area (Å²) in [4.78, 5) is 27.7. The molecule has 0 aromatic carbocycles. The molecule has 9 heteroatoms. The molecule has 0 aliphatic carbocycles. The Kier molecular flexibility index (Phi) is 5.93. The van der Waals surface area contributed by atoms with E-state index >= 15 is 0 Å². The molecular weight excluding hydrogens is 378 g/mol. The van der Waals surface area contributed by atoms with Gasteiger partial charge in [0.05, 0.1) is 12.2 Å². The topological polar surface area (TPSA) is 102 Å². The van der Waals surface area contributed by atoms with E-state index in [4.69, 9.17) is 4.42 Å².